The molecule has 2 aliphatic rings. The first-order chi connectivity index (χ1) is 12.7. The molecule has 0 bridgehead atoms. The topological polar surface area (TPSA) is 20.3 Å². The summed E-state index contributed by atoms with van der Waals surface area (Å²) in [6.45, 7) is 2.25. The quantitative estimate of drug-likeness (QED) is 0.726. The molecule has 2 aromatic rings. The first-order valence-corrected chi connectivity index (χ1v) is 10.1. The Labute approximate surface area is 157 Å². The van der Waals surface area contributed by atoms with Crippen molar-refractivity contribution in [2.45, 2.75) is 63.5 Å². The number of likely N-dealkylation sites (tertiary alicyclic amines) is 1. The molecule has 0 spiro atoms. The normalized spacial score (nSPS) is 25.3. The summed E-state index contributed by atoms with van der Waals surface area (Å²) in [5.74, 6) is 1.21. The van der Waals surface area contributed by atoms with Crippen LogP contribution in [0.4, 0.5) is 0 Å². The molecule has 0 radical (unpaired) electrons. The molecule has 1 aliphatic carbocycles. The third-order valence-corrected chi connectivity index (χ3v) is 6.42. The maximum atomic E-state index is 13.4. The Hall–Kier alpha value is -2.09. The van der Waals surface area contributed by atoms with Gasteiger partial charge in [0.15, 0.2) is 0 Å². The zero-order chi connectivity index (χ0) is 17.9. The van der Waals surface area contributed by atoms with E-state index in [1.807, 2.05) is 12.1 Å². The van der Waals surface area contributed by atoms with Crippen LogP contribution in [0.2, 0.25) is 0 Å². The summed E-state index contributed by atoms with van der Waals surface area (Å²) in [4.78, 5) is 15.6. The largest absolute Gasteiger partial charge is 0.337 e. The third-order valence-electron chi connectivity index (χ3n) is 6.42. The Balaban J connectivity index is 1.58. The van der Waals surface area contributed by atoms with Gasteiger partial charge in [0, 0.05) is 24.4 Å². The summed E-state index contributed by atoms with van der Waals surface area (Å²) in [5, 5.41) is 0. The summed E-state index contributed by atoms with van der Waals surface area (Å²) < 4.78 is 0. The lowest BCUT2D eigenvalue weighted by molar-refractivity contribution is -0.134. The van der Waals surface area contributed by atoms with Crippen molar-refractivity contribution < 1.29 is 4.79 Å². The molecular weight excluding hydrogens is 318 g/mol. The summed E-state index contributed by atoms with van der Waals surface area (Å²) in [5.41, 5.74) is 2.47. The molecule has 0 N–H and O–H groups in total. The highest BCUT2D eigenvalue weighted by molar-refractivity contribution is 5.79. The highest BCUT2D eigenvalue weighted by Gasteiger charge is 2.42. The SMILES string of the molecule is CC1CC2CCCCC2N1C(=O)CC(c1ccccc1)c1ccccc1. The molecule has 1 saturated carbocycles. The van der Waals surface area contributed by atoms with Gasteiger partial charge in [-0.2, -0.15) is 0 Å². The van der Waals surface area contributed by atoms with Crippen molar-refractivity contribution in [3.05, 3.63) is 71.8 Å². The minimum absolute atomic E-state index is 0.139. The van der Waals surface area contributed by atoms with Gasteiger partial charge >= 0.3 is 0 Å². The number of hydrogen-bond donors (Lipinski definition) is 0. The molecule has 1 amide bonds. The van der Waals surface area contributed by atoms with Crippen molar-refractivity contribution in [2.75, 3.05) is 0 Å². The van der Waals surface area contributed by atoms with Crippen molar-refractivity contribution in [2.24, 2.45) is 5.92 Å². The second-order valence-corrected chi connectivity index (χ2v) is 8.08. The number of hydrogen-bond acceptors (Lipinski definition) is 1. The van der Waals surface area contributed by atoms with Crippen molar-refractivity contribution >= 4 is 5.91 Å². The Kier molecular flexibility index (Phi) is 5.10. The Bertz CT molecular complexity index is 687. The van der Waals surface area contributed by atoms with Crippen LogP contribution in [-0.4, -0.2) is 22.9 Å². The van der Waals surface area contributed by atoms with Crippen LogP contribution in [0.3, 0.4) is 0 Å². The maximum Gasteiger partial charge on any atom is 0.224 e. The van der Waals surface area contributed by atoms with Gasteiger partial charge in [-0.1, -0.05) is 73.5 Å². The van der Waals surface area contributed by atoms with Gasteiger partial charge in [0.2, 0.25) is 5.91 Å². The van der Waals surface area contributed by atoms with Gasteiger partial charge in [-0.15, -0.1) is 0 Å². The molecule has 2 fully saturated rings. The smallest absolute Gasteiger partial charge is 0.224 e. The molecule has 136 valence electrons. The van der Waals surface area contributed by atoms with Crippen molar-refractivity contribution in [3.8, 4) is 0 Å². The Morgan fingerprint density at radius 2 is 1.54 bits per heavy atom. The average molecular weight is 348 g/mol. The van der Waals surface area contributed by atoms with Gasteiger partial charge in [-0.05, 0) is 43.2 Å². The van der Waals surface area contributed by atoms with E-state index in [9.17, 15) is 4.79 Å². The molecule has 2 nitrogen and oxygen atoms in total. The highest BCUT2D eigenvalue weighted by atomic mass is 16.2. The van der Waals surface area contributed by atoms with Gasteiger partial charge in [-0.25, -0.2) is 0 Å². The van der Waals surface area contributed by atoms with Crippen molar-refractivity contribution in [1.82, 2.24) is 4.90 Å². The molecule has 0 aromatic heterocycles. The number of carbonyl (C=O) groups excluding carboxylic acids is 1. The second kappa shape index (κ2) is 7.65. The monoisotopic (exact) mass is 347 g/mol. The number of amides is 1. The molecule has 1 aliphatic heterocycles. The van der Waals surface area contributed by atoms with Gasteiger partial charge in [0.25, 0.3) is 0 Å². The third kappa shape index (κ3) is 3.42. The van der Waals surface area contributed by atoms with Crippen LogP contribution < -0.4 is 0 Å². The van der Waals surface area contributed by atoms with Gasteiger partial charge in [0.05, 0.1) is 0 Å². The molecule has 3 atom stereocenters. The van der Waals surface area contributed by atoms with Crippen LogP contribution in [0.25, 0.3) is 0 Å². The van der Waals surface area contributed by atoms with Crippen LogP contribution in [0.1, 0.15) is 62.5 Å². The first kappa shape index (κ1) is 17.3. The van der Waals surface area contributed by atoms with E-state index in [1.54, 1.807) is 0 Å². The van der Waals surface area contributed by atoms with Crippen molar-refractivity contribution in [1.29, 1.82) is 0 Å². The lowest BCUT2D eigenvalue weighted by Crippen LogP contribution is -2.42. The summed E-state index contributed by atoms with van der Waals surface area (Å²) in [6.07, 6.45) is 6.88. The molecule has 3 unspecified atom stereocenters. The summed E-state index contributed by atoms with van der Waals surface area (Å²) in [6, 6.07) is 21.9. The lowest BCUT2D eigenvalue weighted by Gasteiger charge is -2.34. The average Bonchev–Trinajstić information content (AvgIpc) is 3.03. The molecule has 1 heterocycles. The number of rotatable bonds is 4. The van der Waals surface area contributed by atoms with Crippen LogP contribution >= 0.6 is 0 Å². The lowest BCUT2D eigenvalue weighted by atomic mass is 9.84. The van der Waals surface area contributed by atoms with E-state index in [-0.39, 0.29) is 5.92 Å². The minimum atomic E-state index is 0.139. The molecule has 1 saturated heterocycles. The van der Waals surface area contributed by atoms with Crippen LogP contribution in [0.15, 0.2) is 60.7 Å². The van der Waals surface area contributed by atoms with E-state index < -0.39 is 0 Å². The molecule has 26 heavy (non-hydrogen) atoms. The number of benzene rings is 2. The predicted molar refractivity (Wildman–Crippen MR) is 106 cm³/mol. The van der Waals surface area contributed by atoms with Crippen LogP contribution in [0.5, 0.6) is 0 Å². The molecule has 2 aromatic carbocycles. The Morgan fingerprint density at radius 1 is 0.962 bits per heavy atom. The van der Waals surface area contributed by atoms with E-state index >= 15 is 0 Å². The number of fused-ring (bicyclic) bond motifs is 1. The zero-order valence-electron chi connectivity index (χ0n) is 15.7. The van der Waals surface area contributed by atoms with Gasteiger partial charge < -0.3 is 4.90 Å². The van der Waals surface area contributed by atoms with Gasteiger partial charge in [0.1, 0.15) is 0 Å². The number of nitrogens with zero attached hydrogens (tertiary/aromatic N) is 1. The molecule has 2 heteroatoms. The summed E-state index contributed by atoms with van der Waals surface area (Å²) in [7, 11) is 0. The standard InChI is InChI=1S/C24H29NO/c1-18-16-21-14-8-9-15-23(21)25(18)24(26)17-22(19-10-4-2-5-11-19)20-12-6-3-7-13-20/h2-7,10-13,18,21-23H,8-9,14-17H2,1H3. The van der Waals surface area contributed by atoms with E-state index in [0.717, 1.165) is 5.92 Å². The fourth-order valence-corrected chi connectivity index (χ4v) is 5.22. The zero-order valence-corrected chi connectivity index (χ0v) is 15.7. The predicted octanol–water partition coefficient (Wildman–Crippen LogP) is 5.39. The molecular formula is C24H29NO. The summed E-state index contributed by atoms with van der Waals surface area (Å²) >= 11 is 0. The number of carbonyl (C=O) groups is 1. The first-order valence-electron chi connectivity index (χ1n) is 10.1. The van der Waals surface area contributed by atoms with E-state index in [0.29, 0.717) is 24.4 Å². The van der Waals surface area contributed by atoms with Crippen molar-refractivity contribution in [3.63, 3.8) is 0 Å². The van der Waals surface area contributed by atoms with E-state index in [4.69, 9.17) is 0 Å². The minimum Gasteiger partial charge on any atom is -0.337 e. The van der Waals surface area contributed by atoms with Gasteiger partial charge in [-0.3, -0.25) is 4.79 Å². The fraction of sp³-hybridized carbons (Fsp3) is 0.458. The van der Waals surface area contributed by atoms with E-state index in [2.05, 4.69) is 60.4 Å². The van der Waals surface area contributed by atoms with Crippen LogP contribution in [-0.2, 0) is 4.79 Å². The van der Waals surface area contributed by atoms with Crippen LogP contribution in [0, 0.1) is 5.92 Å². The Morgan fingerprint density at radius 3 is 2.15 bits per heavy atom. The highest BCUT2D eigenvalue weighted by Crippen LogP contribution is 2.41. The second-order valence-electron chi connectivity index (χ2n) is 8.08. The molecule has 4 rings (SSSR count). The maximum absolute atomic E-state index is 13.4. The fourth-order valence-electron chi connectivity index (χ4n) is 5.22. The van der Waals surface area contributed by atoms with E-state index in [1.165, 1.54) is 43.2 Å².